The molecule has 2 aliphatic rings. The van der Waals surface area contributed by atoms with Gasteiger partial charge in [-0.05, 0) is 56.4 Å². The van der Waals surface area contributed by atoms with Crippen molar-refractivity contribution >= 4 is 0 Å². The molecule has 0 aliphatic heterocycles. The second-order valence-corrected chi connectivity index (χ2v) is 5.68. The average Bonchev–Trinajstić information content (AvgIpc) is 2.92. The first kappa shape index (κ1) is 10.4. The highest BCUT2D eigenvalue weighted by Gasteiger charge is 2.40. The van der Waals surface area contributed by atoms with E-state index in [1.165, 1.54) is 25.7 Å². The van der Waals surface area contributed by atoms with Gasteiger partial charge in [-0.3, -0.25) is 0 Å². The molecule has 3 rings (SSSR count). The molecule has 0 aromatic carbocycles. The number of aliphatic hydroxyl groups is 1. The van der Waals surface area contributed by atoms with Gasteiger partial charge < -0.3 is 9.52 Å². The molecule has 88 valence electrons. The summed E-state index contributed by atoms with van der Waals surface area (Å²) in [7, 11) is 0. The third kappa shape index (κ3) is 1.80. The molecule has 1 aromatic heterocycles. The van der Waals surface area contributed by atoms with Gasteiger partial charge in [0.15, 0.2) is 0 Å². The summed E-state index contributed by atoms with van der Waals surface area (Å²) < 4.78 is 5.25. The Morgan fingerprint density at radius 1 is 1.44 bits per heavy atom. The fraction of sp³-hybridized carbons (Fsp3) is 0.714. The predicted octanol–water partition coefficient (Wildman–Crippen LogP) is 3.45. The monoisotopic (exact) mass is 220 g/mol. The van der Waals surface area contributed by atoms with Crippen molar-refractivity contribution in [2.45, 2.75) is 45.1 Å². The maximum absolute atomic E-state index is 10.2. The predicted molar refractivity (Wildman–Crippen MR) is 62.0 cm³/mol. The minimum absolute atomic E-state index is 0.318. The fourth-order valence-corrected chi connectivity index (χ4v) is 3.73. The molecule has 2 nitrogen and oxygen atoms in total. The van der Waals surface area contributed by atoms with E-state index in [0.29, 0.717) is 0 Å². The van der Waals surface area contributed by atoms with Crippen molar-refractivity contribution in [2.75, 3.05) is 0 Å². The zero-order valence-corrected chi connectivity index (χ0v) is 9.86. The van der Waals surface area contributed by atoms with Gasteiger partial charge in [-0.1, -0.05) is 6.42 Å². The van der Waals surface area contributed by atoms with E-state index in [1.54, 1.807) is 6.26 Å². The van der Waals surface area contributed by atoms with E-state index in [0.717, 1.165) is 35.5 Å². The molecular weight excluding hydrogens is 200 g/mol. The van der Waals surface area contributed by atoms with E-state index in [1.807, 2.05) is 13.0 Å². The molecule has 0 radical (unpaired) electrons. The van der Waals surface area contributed by atoms with Crippen molar-refractivity contribution in [2.24, 2.45) is 17.8 Å². The Kier molecular flexibility index (Phi) is 2.55. The normalized spacial score (nSPS) is 34.5. The molecule has 2 aliphatic carbocycles. The first-order valence-corrected chi connectivity index (χ1v) is 6.45. The summed E-state index contributed by atoms with van der Waals surface area (Å²) >= 11 is 0. The summed E-state index contributed by atoms with van der Waals surface area (Å²) in [5.74, 6) is 3.51. The SMILES string of the molecule is Cc1cc(C(O)CC2CC3CCC2C3)co1. The molecule has 2 saturated carbocycles. The van der Waals surface area contributed by atoms with E-state index in [2.05, 4.69) is 0 Å². The van der Waals surface area contributed by atoms with Crippen molar-refractivity contribution < 1.29 is 9.52 Å². The molecule has 2 heteroatoms. The second-order valence-electron chi connectivity index (χ2n) is 5.68. The van der Waals surface area contributed by atoms with Crippen LogP contribution >= 0.6 is 0 Å². The maximum Gasteiger partial charge on any atom is 0.101 e. The molecule has 0 saturated heterocycles. The van der Waals surface area contributed by atoms with Crippen molar-refractivity contribution in [3.63, 3.8) is 0 Å². The van der Waals surface area contributed by atoms with Crippen LogP contribution in [0.3, 0.4) is 0 Å². The van der Waals surface area contributed by atoms with Gasteiger partial charge in [0.25, 0.3) is 0 Å². The molecule has 1 heterocycles. The fourth-order valence-electron chi connectivity index (χ4n) is 3.73. The quantitative estimate of drug-likeness (QED) is 0.846. The number of rotatable bonds is 3. The van der Waals surface area contributed by atoms with Crippen LogP contribution in [0, 0.1) is 24.7 Å². The number of hydrogen-bond acceptors (Lipinski definition) is 2. The molecule has 16 heavy (non-hydrogen) atoms. The Hall–Kier alpha value is -0.760. The van der Waals surface area contributed by atoms with Crippen LogP contribution in [0.1, 0.15) is 49.5 Å². The summed E-state index contributed by atoms with van der Waals surface area (Å²) in [6, 6.07) is 1.96. The molecule has 4 unspecified atom stereocenters. The summed E-state index contributed by atoms with van der Waals surface area (Å²) in [6.07, 6.45) is 7.91. The molecule has 1 N–H and O–H groups in total. The first-order valence-electron chi connectivity index (χ1n) is 6.45. The molecule has 2 fully saturated rings. The topological polar surface area (TPSA) is 33.4 Å². The van der Waals surface area contributed by atoms with Gasteiger partial charge in [-0.25, -0.2) is 0 Å². The van der Waals surface area contributed by atoms with Crippen molar-refractivity contribution in [1.29, 1.82) is 0 Å². The summed E-state index contributed by atoms with van der Waals surface area (Å²) in [4.78, 5) is 0. The van der Waals surface area contributed by atoms with Gasteiger partial charge in [0.05, 0.1) is 12.4 Å². The molecular formula is C14H20O2. The van der Waals surface area contributed by atoms with Gasteiger partial charge >= 0.3 is 0 Å². The number of aryl methyl sites for hydroxylation is 1. The smallest absolute Gasteiger partial charge is 0.101 e. The largest absolute Gasteiger partial charge is 0.469 e. The molecule has 1 aromatic rings. The average molecular weight is 220 g/mol. The minimum atomic E-state index is -0.318. The van der Waals surface area contributed by atoms with Gasteiger partial charge in [0.1, 0.15) is 5.76 Å². The third-order valence-corrected chi connectivity index (χ3v) is 4.55. The second kappa shape index (κ2) is 3.92. The van der Waals surface area contributed by atoms with Crippen LogP contribution in [0.2, 0.25) is 0 Å². The Bertz CT molecular complexity index is 369. The zero-order chi connectivity index (χ0) is 11.1. The van der Waals surface area contributed by atoms with E-state index >= 15 is 0 Å². The minimum Gasteiger partial charge on any atom is -0.469 e. The lowest BCUT2D eigenvalue weighted by atomic mass is 9.84. The van der Waals surface area contributed by atoms with E-state index in [9.17, 15) is 5.11 Å². The van der Waals surface area contributed by atoms with Crippen LogP contribution in [0.4, 0.5) is 0 Å². The maximum atomic E-state index is 10.2. The van der Waals surface area contributed by atoms with E-state index in [-0.39, 0.29) is 6.10 Å². The lowest BCUT2D eigenvalue weighted by molar-refractivity contribution is 0.125. The Balaban J connectivity index is 1.62. The van der Waals surface area contributed by atoms with Crippen LogP contribution in [0.15, 0.2) is 16.7 Å². The van der Waals surface area contributed by atoms with Gasteiger partial charge in [0.2, 0.25) is 0 Å². The Morgan fingerprint density at radius 2 is 2.31 bits per heavy atom. The van der Waals surface area contributed by atoms with Crippen LogP contribution in [-0.4, -0.2) is 5.11 Å². The lowest BCUT2D eigenvalue weighted by Crippen LogP contribution is -2.14. The van der Waals surface area contributed by atoms with Crippen molar-refractivity contribution in [1.82, 2.24) is 0 Å². The zero-order valence-electron chi connectivity index (χ0n) is 9.86. The highest BCUT2D eigenvalue weighted by Crippen LogP contribution is 2.50. The number of hydrogen-bond donors (Lipinski definition) is 1. The van der Waals surface area contributed by atoms with Crippen LogP contribution < -0.4 is 0 Å². The summed E-state index contributed by atoms with van der Waals surface area (Å²) in [5.41, 5.74) is 0.959. The lowest BCUT2D eigenvalue weighted by Gasteiger charge is -2.23. The first-order chi connectivity index (χ1) is 7.72. The third-order valence-electron chi connectivity index (χ3n) is 4.55. The van der Waals surface area contributed by atoms with E-state index < -0.39 is 0 Å². The molecule has 4 atom stereocenters. The number of furan rings is 1. The van der Waals surface area contributed by atoms with Crippen molar-refractivity contribution in [3.05, 3.63) is 23.7 Å². The summed E-state index contributed by atoms with van der Waals surface area (Å²) in [6.45, 7) is 1.92. The number of fused-ring (bicyclic) bond motifs is 2. The van der Waals surface area contributed by atoms with Gasteiger partial charge in [-0.2, -0.15) is 0 Å². The standard InChI is InChI=1S/C14H20O2/c1-9-4-13(8-16-9)14(15)7-12-6-10-2-3-11(12)5-10/h4,8,10-12,14-15H,2-3,5-7H2,1H3. The molecule has 0 spiro atoms. The van der Waals surface area contributed by atoms with Crippen LogP contribution in [0.5, 0.6) is 0 Å². The Labute approximate surface area is 96.7 Å². The number of aliphatic hydroxyl groups excluding tert-OH is 1. The Morgan fingerprint density at radius 3 is 2.88 bits per heavy atom. The van der Waals surface area contributed by atoms with Gasteiger partial charge in [-0.15, -0.1) is 0 Å². The highest BCUT2D eigenvalue weighted by atomic mass is 16.3. The molecule has 0 amide bonds. The van der Waals surface area contributed by atoms with Crippen molar-refractivity contribution in [3.8, 4) is 0 Å². The van der Waals surface area contributed by atoms with Gasteiger partial charge in [0, 0.05) is 5.56 Å². The molecule has 2 bridgehead atoms. The highest BCUT2D eigenvalue weighted by molar-refractivity contribution is 5.14. The van der Waals surface area contributed by atoms with Crippen LogP contribution in [0.25, 0.3) is 0 Å². The van der Waals surface area contributed by atoms with Crippen LogP contribution in [-0.2, 0) is 0 Å². The van der Waals surface area contributed by atoms with E-state index in [4.69, 9.17) is 4.42 Å². The summed E-state index contributed by atoms with van der Waals surface area (Å²) in [5, 5.41) is 10.2.